The highest BCUT2D eigenvalue weighted by Gasteiger charge is 2.08. The zero-order chi connectivity index (χ0) is 11.5. The average Bonchev–Trinajstić information content (AvgIpc) is 2.30. The van der Waals surface area contributed by atoms with E-state index in [2.05, 4.69) is 11.1 Å². The lowest BCUT2D eigenvalue weighted by Crippen LogP contribution is -1.95. The molecule has 0 aliphatic rings. The Morgan fingerprint density at radius 1 is 1.50 bits per heavy atom. The predicted octanol–water partition coefficient (Wildman–Crippen LogP) is 3.16. The Hall–Kier alpha value is -1.79. The molecule has 0 N–H and O–H groups in total. The summed E-state index contributed by atoms with van der Waals surface area (Å²) in [7, 11) is 0. The molecule has 0 bridgehead atoms. The second-order valence-electron chi connectivity index (χ2n) is 3.20. The lowest BCUT2D eigenvalue weighted by atomic mass is 10.1. The molecule has 0 saturated heterocycles. The van der Waals surface area contributed by atoms with Crippen LogP contribution in [0, 0.1) is 11.3 Å². The van der Waals surface area contributed by atoms with E-state index in [0.717, 1.165) is 5.39 Å². The molecular formula is C12H9ClN2O. The van der Waals surface area contributed by atoms with Gasteiger partial charge in [0.25, 0.3) is 0 Å². The molecule has 0 fully saturated rings. The van der Waals surface area contributed by atoms with E-state index in [4.69, 9.17) is 21.6 Å². The van der Waals surface area contributed by atoms with Gasteiger partial charge in [0.1, 0.15) is 11.8 Å². The Morgan fingerprint density at radius 3 is 3.00 bits per heavy atom. The van der Waals surface area contributed by atoms with Crippen molar-refractivity contribution in [1.82, 2.24) is 4.98 Å². The van der Waals surface area contributed by atoms with Crippen LogP contribution in [-0.2, 0) is 0 Å². The summed E-state index contributed by atoms with van der Waals surface area (Å²) in [5, 5.41) is 10.4. The summed E-state index contributed by atoms with van der Waals surface area (Å²) in [5.74, 6) is 0.549. The molecule has 0 spiro atoms. The van der Waals surface area contributed by atoms with Gasteiger partial charge in [-0.2, -0.15) is 5.26 Å². The van der Waals surface area contributed by atoms with Gasteiger partial charge in [0.2, 0.25) is 0 Å². The standard InChI is InChI=1S/C12H9ClN2O/c1-2-16-12-6-9-10(13)3-4-15-11(9)5-8(12)7-14/h3-6H,2H2,1H3. The van der Waals surface area contributed by atoms with Crippen LogP contribution in [0.2, 0.25) is 5.02 Å². The molecule has 1 aromatic carbocycles. The molecule has 1 heterocycles. The summed E-state index contributed by atoms with van der Waals surface area (Å²) in [6.07, 6.45) is 1.62. The van der Waals surface area contributed by atoms with Crippen molar-refractivity contribution in [2.24, 2.45) is 0 Å². The van der Waals surface area contributed by atoms with Crippen molar-refractivity contribution in [3.05, 3.63) is 35.0 Å². The van der Waals surface area contributed by atoms with E-state index in [0.29, 0.717) is 28.5 Å². The van der Waals surface area contributed by atoms with E-state index in [1.165, 1.54) is 0 Å². The molecule has 0 radical (unpaired) electrons. The van der Waals surface area contributed by atoms with Crippen LogP contribution in [0.5, 0.6) is 5.75 Å². The van der Waals surface area contributed by atoms with Gasteiger partial charge in [-0.1, -0.05) is 11.6 Å². The maximum Gasteiger partial charge on any atom is 0.137 e. The molecule has 0 aliphatic heterocycles. The van der Waals surface area contributed by atoms with Crippen LogP contribution in [0.4, 0.5) is 0 Å². The van der Waals surface area contributed by atoms with Crippen molar-refractivity contribution in [1.29, 1.82) is 5.26 Å². The highest BCUT2D eigenvalue weighted by Crippen LogP contribution is 2.28. The fourth-order valence-electron chi connectivity index (χ4n) is 1.50. The first-order valence-corrected chi connectivity index (χ1v) is 5.25. The second-order valence-corrected chi connectivity index (χ2v) is 3.61. The van der Waals surface area contributed by atoms with Crippen LogP contribution in [0.25, 0.3) is 10.9 Å². The zero-order valence-corrected chi connectivity index (χ0v) is 9.45. The number of nitriles is 1. The van der Waals surface area contributed by atoms with Crippen molar-refractivity contribution in [2.75, 3.05) is 6.61 Å². The van der Waals surface area contributed by atoms with Gasteiger partial charge in [-0.3, -0.25) is 4.98 Å². The molecular weight excluding hydrogens is 224 g/mol. The number of hydrogen-bond donors (Lipinski definition) is 0. The van der Waals surface area contributed by atoms with Crippen molar-refractivity contribution in [3.63, 3.8) is 0 Å². The van der Waals surface area contributed by atoms with Crippen molar-refractivity contribution >= 4 is 22.5 Å². The minimum atomic E-state index is 0.476. The van der Waals surface area contributed by atoms with E-state index < -0.39 is 0 Å². The number of aromatic nitrogens is 1. The normalized spacial score (nSPS) is 10.1. The molecule has 4 heteroatoms. The minimum Gasteiger partial charge on any atom is -0.492 e. The third kappa shape index (κ3) is 1.80. The highest BCUT2D eigenvalue weighted by molar-refractivity contribution is 6.35. The summed E-state index contributed by atoms with van der Waals surface area (Å²) in [6, 6.07) is 7.24. The summed E-state index contributed by atoms with van der Waals surface area (Å²) < 4.78 is 5.38. The topological polar surface area (TPSA) is 45.9 Å². The second kappa shape index (κ2) is 4.38. The minimum absolute atomic E-state index is 0.476. The first kappa shape index (κ1) is 10.7. The molecule has 0 amide bonds. The third-order valence-corrected chi connectivity index (χ3v) is 2.54. The summed E-state index contributed by atoms with van der Waals surface area (Å²) in [6.45, 7) is 2.38. The lowest BCUT2D eigenvalue weighted by molar-refractivity contribution is 0.339. The van der Waals surface area contributed by atoms with Crippen molar-refractivity contribution < 1.29 is 4.74 Å². The fourth-order valence-corrected chi connectivity index (χ4v) is 1.71. The van der Waals surface area contributed by atoms with E-state index in [-0.39, 0.29) is 0 Å². The number of benzene rings is 1. The third-order valence-electron chi connectivity index (χ3n) is 2.21. The maximum absolute atomic E-state index is 8.98. The molecule has 16 heavy (non-hydrogen) atoms. The van der Waals surface area contributed by atoms with Gasteiger partial charge < -0.3 is 4.74 Å². The number of halogens is 1. The number of pyridine rings is 1. The number of fused-ring (bicyclic) bond motifs is 1. The molecule has 3 nitrogen and oxygen atoms in total. The SMILES string of the molecule is CCOc1cc2c(Cl)ccnc2cc1C#N. The molecule has 0 aliphatic carbocycles. The number of nitrogens with zero attached hydrogens (tertiary/aromatic N) is 2. The summed E-state index contributed by atoms with van der Waals surface area (Å²) >= 11 is 6.05. The van der Waals surface area contributed by atoms with Gasteiger partial charge in [0, 0.05) is 11.6 Å². The van der Waals surface area contributed by atoms with Gasteiger partial charge in [0.05, 0.1) is 22.7 Å². The van der Waals surface area contributed by atoms with Gasteiger partial charge >= 0.3 is 0 Å². The van der Waals surface area contributed by atoms with Crippen LogP contribution in [0.1, 0.15) is 12.5 Å². The van der Waals surface area contributed by atoms with E-state index in [9.17, 15) is 0 Å². The Balaban J connectivity index is 2.72. The maximum atomic E-state index is 8.98. The molecule has 80 valence electrons. The number of hydrogen-bond acceptors (Lipinski definition) is 3. The Labute approximate surface area is 98.2 Å². The highest BCUT2D eigenvalue weighted by atomic mass is 35.5. The first-order chi connectivity index (χ1) is 7.76. The van der Waals surface area contributed by atoms with Gasteiger partial charge in [-0.25, -0.2) is 0 Å². The molecule has 1 aromatic heterocycles. The largest absolute Gasteiger partial charge is 0.492 e. The van der Waals surface area contributed by atoms with Crippen LogP contribution in [0.15, 0.2) is 24.4 Å². The lowest BCUT2D eigenvalue weighted by Gasteiger charge is -2.07. The van der Waals surface area contributed by atoms with Crippen LogP contribution >= 0.6 is 11.6 Å². The van der Waals surface area contributed by atoms with Crippen LogP contribution < -0.4 is 4.74 Å². The van der Waals surface area contributed by atoms with Crippen LogP contribution in [0.3, 0.4) is 0 Å². The zero-order valence-electron chi connectivity index (χ0n) is 8.70. The van der Waals surface area contributed by atoms with Crippen molar-refractivity contribution in [2.45, 2.75) is 6.92 Å². The molecule has 2 rings (SSSR count). The van der Waals surface area contributed by atoms with Crippen molar-refractivity contribution in [3.8, 4) is 11.8 Å². The fraction of sp³-hybridized carbons (Fsp3) is 0.167. The molecule has 0 saturated carbocycles. The Bertz CT molecular complexity index is 575. The Kier molecular flexibility index (Phi) is 2.93. The first-order valence-electron chi connectivity index (χ1n) is 4.87. The molecule has 0 unspecified atom stereocenters. The van der Waals surface area contributed by atoms with Gasteiger partial charge in [0.15, 0.2) is 0 Å². The number of ether oxygens (including phenoxy) is 1. The van der Waals surface area contributed by atoms with E-state index in [1.54, 1.807) is 24.4 Å². The van der Waals surface area contributed by atoms with E-state index in [1.807, 2.05) is 6.92 Å². The quantitative estimate of drug-likeness (QED) is 0.799. The van der Waals surface area contributed by atoms with Gasteiger partial charge in [-0.15, -0.1) is 0 Å². The monoisotopic (exact) mass is 232 g/mol. The number of rotatable bonds is 2. The summed E-state index contributed by atoms with van der Waals surface area (Å²) in [5.41, 5.74) is 1.18. The molecule has 2 aromatic rings. The smallest absolute Gasteiger partial charge is 0.137 e. The van der Waals surface area contributed by atoms with Gasteiger partial charge in [-0.05, 0) is 25.1 Å². The van der Waals surface area contributed by atoms with Crippen LogP contribution in [-0.4, -0.2) is 11.6 Å². The Morgan fingerprint density at radius 2 is 2.31 bits per heavy atom. The summed E-state index contributed by atoms with van der Waals surface area (Å²) in [4.78, 5) is 4.16. The van der Waals surface area contributed by atoms with E-state index >= 15 is 0 Å². The predicted molar refractivity (Wildman–Crippen MR) is 62.6 cm³/mol. The average molecular weight is 233 g/mol. The molecule has 0 atom stereocenters.